The molecule has 0 atom stereocenters. The Kier molecular flexibility index (Phi) is 29.8. The smallest absolute Gasteiger partial charge is 0.171 e. The molecule has 0 radical (unpaired) electrons. The summed E-state index contributed by atoms with van der Waals surface area (Å²) in [6.07, 6.45) is 29.4. The molecule has 8 saturated carbocycles. The number of aryl methyl sites for hydroxylation is 1. The minimum absolute atomic E-state index is 0.0712. The van der Waals surface area contributed by atoms with E-state index < -0.39 is 24.3 Å². The lowest BCUT2D eigenvalue weighted by Gasteiger charge is -2.54. The summed E-state index contributed by atoms with van der Waals surface area (Å²) in [5.74, 6) is -0.743. The van der Waals surface area contributed by atoms with Gasteiger partial charge in [-0.15, -0.1) is 0 Å². The van der Waals surface area contributed by atoms with Crippen LogP contribution < -0.4 is 0 Å². The predicted molar refractivity (Wildman–Crippen MR) is 419 cm³/mol. The summed E-state index contributed by atoms with van der Waals surface area (Å²) in [7, 11) is 0. The maximum absolute atomic E-state index is 12.1. The molecule has 1 aromatic rings. The van der Waals surface area contributed by atoms with Gasteiger partial charge in [0.2, 0.25) is 0 Å². The Morgan fingerprint density at radius 2 is 0.798 bits per heavy atom. The molecule has 8 aliphatic carbocycles. The quantitative estimate of drug-likeness (QED) is 0.277. The number of hydrogen-bond acceptors (Lipinski definition) is 0. The standard InChI is InChI=1S/C15H24.C13H26.C12H22.2C11H22.C9H18.2C7H14.C6H11F3/c1-11-8-9-12(14(2,3)4)10-13(11)15(5,6)7;1-10-12(4,5)8-11(2,3)9-13(10,6)7;1-11-5-9-12(10-6-11)7-3-2-4-8-12;1-9-6-10(2,3)8-11(4,5)7-9;1-9-10(2,3)7-6-8-11(9,4)5;1-8-4-6-9(2,3)7-5-8;1-7-5-3-2-4-6-7;1-2-7-5-3-4-6-7;1-4-5(2,3)6(7,8)9/h8-10H,1-7H3;10H,8-9H2,1-7H3;11H,2-10H2,1H3;2*9H,6-8H2,1-5H3;8H,4-7H2,1-3H3;2*7H,2-6H2,1H3;4H2,1-3H3/i;10D;11D;2*9D;8D;7D;2D2;4D2. The maximum atomic E-state index is 12.1. The van der Waals surface area contributed by atoms with Crippen molar-refractivity contribution in [2.45, 2.75) is 451 Å². The van der Waals surface area contributed by atoms with Gasteiger partial charge in [0, 0.05) is 13.7 Å². The molecular weight excluding hydrogens is 1150 g/mol. The summed E-state index contributed by atoms with van der Waals surface area (Å²) in [5, 5.41) is 0. The Hall–Kier alpha value is -0.990. The number of hydrogen-bond donors (Lipinski definition) is 0. The fraction of sp³-hybridized carbons (Fsp3) is 0.934. The van der Waals surface area contributed by atoms with Crippen LogP contribution in [0.25, 0.3) is 0 Å². The predicted octanol–water partition coefficient (Wildman–Crippen LogP) is 32.3. The van der Waals surface area contributed by atoms with Gasteiger partial charge < -0.3 is 0 Å². The summed E-state index contributed by atoms with van der Waals surface area (Å²) >= 11 is 0. The molecule has 0 amide bonds. The molecule has 1 aromatic carbocycles. The molecule has 0 unspecified atom stereocenters. The second kappa shape index (κ2) is 37.8. The first kappa shape index (κ1) is 74.2. The van der Waals surface area contributed by atoms with Gasteiger partial charge in [-0.25, -0.2) is 0 Å². The molecule has 0 saturated heterocycles. The molecule has 0 bridgehead atoms. The number of benzene rings is 1. The topological polar surface area (TPSA) is 0 Å². The lowest BCUT2D eigenvalue weighted by Crippen LogP contribution is -2.45. The number of rotatable bonds is 2. The zero-order valence-corrected chi connectivity index (χ0v) is 69.7. The van der Waals surface area contributed by atoms with Crippen molar-refractivity contribution < 1.29 is 26.9 Å². The lowest BCUT2D eigenvalue weighted by molar-refractivity contribution is -0.212. The van der Waals surface area contributed by atoms with E-state index in [0.29, 0.717) is 33.0 Å². The number of halogens is 3. The van der Waals surface area contributed by atoms with Crippen LogP contribution in [-0.4, -0.2) is 6.18 Å². The Bertz CT molecular complexity index is 2540. The van der Waals surface area contributed by atoms with Crippen molar-refractivity contribution in [2.75, 3.05) is 0 Å². The average Bonchev–Trinajstić information content (AvgIpc) is 0.742. The molecule has 558 valence electrons. The number of alkyl halides is 3. The minimum Gasteiger partial charge on any atom is -0.171 e. The van der Waals surface area contributed by atoms with E-state index >= 15 is 0 Å². The van der Waals surface area contributed by atoms with Gasteiger partial charge >= 0.3 is 6.18 Å². The Morgan fingerprint density at radius 1 is 0.415 bits per heavy atom. The van der Waals surface area contributed by atoms with Crippen LogP contribution in [0.2, 0.25) is 0 Å². The zero-order chi connectivity index (χ0) is 82.1. The van der Waals surface area contributed by atoms with Gasteiger partial charge in [-0.3, -0.25) is 0 Å². The lowest BCUT2D eigenvalue weighted by atomic mass is 9.51. The van der Waals surface area contributed by atoms with Gasteiger partial charge in [0.15, 0.2) is 0 Å². The maximum Gasteiger partial charge on any atom is 0.393 e. The molecule has 0 N–H and O–H groups in total. The van der Waals surface area contributed by atoms with Crippen LogP contribution in [0.4, 0.5) is 13.2 Å². The summed E-state index contributed by atoms with van der Waals surface area (Å²) in [4.78, 5) is 0. The van der Waals surface area contributed by atoms with Crippen LogP contribution in [0, 0.1) is 102 Å². The van der Waals surface area contributed by atoms with Crippen LogP contribution in [0.15, 0.2) is 18.2 Å². The summed E-state index contributed by atoms with van der Waals surface area (Å²) in [6.45, 7) is 69.1. The van der Waals surface area contributed by atoms with Crippen molar-refractivity contribution in [3.05, 3.63) is 34.9 Å². The molecular formula is C91H173F3. The third-order valence-electron chi connectivity index (χ3n) is 24.3. The minimum atomic E-state index is -4.49. The van der Waals surface area contributed by atoms with E-state index in [9.17, 15) is 13.2 Å². The van der Waals surface area contributed by atoms with E-state index in [4.69, 9.17) is 13.7 Å². The molecule has 0 aliphatic heterocycles. The normalized spacial score (nSPS) is 29.0. The van der Waals surface area contributed by atoms with Crippen molar-refractivity contribution in [1.82, 2.24) is 0 Å². The second-order valence-corrected chi connectivity index (χ2v) is 40.8. The van der Waals surface area contributed by atoms with Crippen molar-refractivity contribution in [3.8, 4) is 0 Å². The summed E-state index contributed by atoms with van der Waals surface area (Å²) in [6, 6.07) is 6.88. The van der Waals surface area contributed by atoms with Crippen LogP contribution >= 0.6 is 0 Å². The molecule has 8 aliphatic rings. The van der Waals surface area contributed by atoms with E-state index in [1.54, 1.807) is 6.92 Å². The van der Waals surface area contributed by atoms with Crippen molar-refractivity contribution in [1.29, 1.82) is 0 Å². The molecule has 3 heteroatoms. The first-order chi connectivity index (χ1) is 45.7. The van der Waals surface area contributed by atoms with Crippen LogP contribution in [0.3, 0.4) is 0 Å². The highest BCUT2D eigenvalue weighted by atomic mass is 19.4. The van der Waals surface area contributed by atoms with Crippen molar-refractivity contribution in [3.63, 3.8) is 0 Å². The molecule has 94 heavy (non-hydrogen) atoms. The molecule has 0 heterocycles. The van der Waals surface area contributed by atoms with E-state index in [1.807, 2.05) is 6.92 Å². The first-order valence-corrected chi connectivity index (χ1v) is 38.9. The van der Waals surface area contributed by atoms with Gasteiger partial charge in [-0.1, -0.05) is 355 Å². The van der Waals surface area contributed by atoms with Crippen LogP contribution in [0.1, 0.15) is 457 Å². The van der Waals surface area contributed by atoms with E-state index in [2.05, 4.69) is 212 Å². The highest BCUT2D eigenvalue weighted by Crippen LogP contribution is 2.57. The van der Waals surface area contributed by atoms with E-state index in [0.717, 1.165) is 97.8 Å². The Labute approximate surface area is 605 Å². The highest BCUT2D eigenvalue weighted by molar-refractivity contribution is 5.38. The first-order valence-electron chi connectivity index (χ1n) is 43.9. The molecule has 0 nitrogen and oxygen atoms in total. The highest BCUT2D eigenvalue weighted by Gasteiger charge is 2.48. The third-order valence-corrected chi connectivity index (χ3v) is 24.3. The van der Waals surface area contributed by atoms with Gasteiger partial charge in [0.05, 0.1) is 5.41 Å². The monoisotopic (exact) mass is 1330 g/mol. The Balaban J connectivity index is 0.000000588. The van der Waals surface area contributed by atoms with Crippen LogP contribution in [-0.2, 0) is 10.8 Å². The summed E-state index contributed by atoms with van der Waals surface area (Å²) in [5.41, 5.74) is 5.37. The largest absolute Gasteiger partial charge is 0.393 e. The molecule has 0 aromatic heterocycles. The third kappa shape index (κ3) is 34.1. The van der Waals surface area contributed by atoms with Gasteiger partial charge in [-0.2, -0.15) is 13.2 Å². The SMILES string of the molecule is Cc1ccc(C(C)(C)C)cc1C(C)(C)C.[2H]C([2H])(C)C(C)(C)C(F)(F)F.[2H]C([2H])(C)C1CCCC1.[2H]C1(C)C(C)(C)CC(C)(C)CC1(C)C.[2H]C1(C)C(C)(C)CCCC1(C)C.[2H]C1(C)CC(C)(C)CC(C)(C)C1.[2H]C1(C)CCC(C)(C)CC1.[2H]C1(C)CCC2(CCCCC2)CC1.[2H]C1(C)CCCCC1. The second-order valence-electron chi connectivity index (χ2n) is 40.8. The van der Waals surface area contributed by atoms with Crippen LogP contribution in [0.5, 0.6) is 0 Å². The van der Waals surface area contributed by atoms with Gasteiger partial charge in [-0.05, 0) is 214 Å². The van der Waals surface area contributed by atoms with Crippen molar-refractivity contribution in [2.24, 2.45) is 95.4 Å². The fourth-order valence-electron chi connectivity index (χ4n) is 17.8. The van der Waals surface area contributed by atoms with Gasteiger partial charge in [0.25, 0.3) is 0 Å². The molecule has 8 fully saturated rings. The molecule has 1 spiro atoms. The van der Waals surface area contributed by atoms with Gasteiger partial charge in [0.1, 0.15) is 0 Å². The summed E-state index contributed by atoms with van der Waals surface area (Å²) < 4.78 is 114. The Morgan fingerprint density at radius 3 is 1.11 bits per heavy atom. The van der Waals surface area contributed by atoms with E-state index in [1.165, 1.54) is 132 Å². The fourth-order valence-corrected chi connectivity index (χ4v) is 17.8. The van der Waals surface area contributed by atoms with E-state index in [-0.39, 0.29) is 67.9 Å². The average molecular weight is 1330 g/mol. The zero-order valence-electron chi connectivity index (χ0n) is 79.7. The van der Waals surface area contributed by atoms with Crippen molar-refractivity contribution >= 4 is 0 Å². The molecule has 9 rings (SSSR count).